The van der Waals surface area contributed by atoms with Crippen LogP contribution in [0.25, 0.3) is 0 Å². The predicted octanol–water partition coefficient (Wildman–Crippen LogP) is 0.858. The maximum atomic E-state index is 5.53. The molecule has 3 nitrogen and oxygen atoms in total. The van der Waals surface area contributed by atoms with E-state index in [-0.39, 0.29) is 0 Å². The van der Waals surface area contributed by atoms with Crippen LogP contribution in [0.5, 0.6) is 0 Å². The lowest BCUT2D eigenvalue weighted by atomic mass is 9.95. The number of nitrogens with zero attached hydrogens (tertiary/aromatic N) is 1. The summed E-state index contributed by atoms with van der Waals surface area (Å²) in [6.45, 7) is 9.84. The lowest BCUT2D eigenvalue weighted by Crippen LogP contribution is -2.44. The molecule has 82 valence electrons. The minimum atomic E-state index is 0.370. The molecule has 1 aliphatic rings. The Morgan fingerprint density at radius 2 is 2.36 bits per heavy atom. The Kier molecular flexibility index (Phi) is 4.58. The van der Waals surface area contributed by atoms with Gasteiger partial charge in [0, 0.05) is 26.7 Å². The van der Waals surface area contributed by atoms with Gasteiger partial charge < -0.3 is 10.5 Å². The highest BCUT2D eigenvalue weighted by molar-refractivity contribution is 4.99. The first-order chi connectivity index (χ1) is 6.67. The Morgan fingerprint density at radius 3 is 2.93 bits per heavy atom. The summed E-state index contributed by atoms with van der Waals surface area (Å²) in [6, 6.07) is 0. The van der Waals surface area contributed by atoms with Gasteiger partial charge in [-0.2, -0.15) is 0 Å². The van der Waals surface area contributed by atoms with Gasteiger partial charge in [-0.1, -0.05) is 13.5 Å². The van der Waals surface area contributed by atoms with E-state index in [1.54, 1.807) is 7.11 Å². The van der Waals surface area contributed by atoms with Gasteiger partial charge in [-0.05, 0) is 24.5 Å². The fourth-order valence-electron chi connectivity index (χ4n) is 1.93. The van der Waals surface area contributed by atoms with Crippen molar-refractivity contribution in [3.63, 3.8) is 0 Å². The standard InChI is InChI=1S/C11H22N2O/c1-9(6-12)7-13-5-4-10(2)11(8-13)14-3/h10-11H,1,4-8,12H2,2-3H3. The maximum absolute atomic E-state index is 5.53. The van der Waals surface area contributed by atoms with Gasteiger partial charge in [0.15, 0.2) is 0 Å². The Balaban J connectivity index is 2.38. The molecule has 0 aromatic rings. The van der Waals surface area contributed by atoms with Gasteiger partial charge in [-0.3, -0.25) is 4.90 Å². The van der Waals surface area contributed by atoms with Crippen LogP contribution in [0, 0.1) is 5.92 Å². The number of ether oxygens (including phenoxy) is 1. The summed E-state index contributed by atoms with van der Waals surface area (Å²) in [6.07, 6.45) is 1.57. The minimum Gasteiger partial charge on any atom is -0.380 e. The van der Waals surface area contributed by atoms with Gasteiger partial charge in [0.1, 0.15) is 0 Å². The number of methoxy groups -OCH3 is 1. The van der Waals surface area contributed by atoms with E-state index in [4.69, 9.17) is 10.5 Å². The van der Waals surface area contributed by atoms with Gasteiger partial charge in [0.25, 0.3) is 0 Å². The van der Waals surface area contributed by atoms with Crippen LogP contribution in [0.4, 0.5) is 0 Å². The summed E-state index contributed by atoms with van der Waals surface area (Å²) >= 11 is 0. The van der Waals surface area contributed by atoms with Crippen molar-refractivity contribution >= 4 is 0 Å². The van der Waals surface area contributed by atoms with Crippen LogP contribution < -0.4 is 5.73 Å². The van der Waals surface area contributed by atoms with Crippen LogP contribution in [0.2, 0.25) is 0 Å². The molecule has 3 heteroatoms. The van der Waals surface area contributed by atoms with Crippen LogP contribution in [-0.4, -0.2) is 44.3 Å². The fourth-order valence-corrected chi connectivity index (χ4v) is 1.93. The lowest BCUT2D eigenvalue weighted by Gasteiger charge is -2.36. The molecule has 1 fully saturated rings. The molecule has 1 heterocycles. The van der Waals surface area contributed by atoms with Crippen molar-refractivity contribution in [3.8, 4) is 0 Å². The van der Waals surface area contributed by atoms with E-state index in [0.29, 0.717) is 18.6 Å². The lowest BCUT2D eigenvalue weighted by molar-refractivity contribution is -0.00203. The molecule has 0 bridgehead atoms. The summed E-state index contributed by atoms with van der Waals surface area (Å²) < 4.78 is 5.45. The predicted molar refractivity (Wildman–Crippen MR) is 59.2 cm³/mol. The highest BCUT2D eigenvalue weighted by Gasteiger charge is 2.25. The summed E-state index contributed by atoms with van der Waals surface area (Å²) in [5.74, 6) is 0.669. The zero-order chi connectivity index (χ0) is 10.6. The number of rotatable bonds is 4. The molecule has 0 saturated carbocycles. The van der Waals surface area contributed by atoms with E-state index >= 15 is 0 Å². The van der Waals surface area contributed by atoms with E-state index in [2.05, 4.69) is 18.4 Å². The van der Waals surface area contributed by atoms with Crippen LogP contribution in [0.3, 0.4) is 0 Å². The molecule has 1 aliphatic heterocycles. The third kappa shape index (κ3) is 3.08. The van der Waals surface area contributed by atoms with Gasteiger partial charge >= 0.3 is 0 Å². The molecule has 0 aliphatic carbocycles. The second-order valence-electron chi connectivity index (χ2n) is 4.23. The first-order valence-corrected chi connectivity index (χ1v) is 5.29. The third-order valence-corrected chi connectivity index (χ3v) is 3.01. The topological polar surface area (TPSA) is 38.5 Å². The summed E-state index contributed by atoms with van der Waals surface area (Å²) in [5.41, 5.74) is 6.63. The Morgan fingerprint density at radius 1 is 1.64 bits per heavy atom. The largest absolute Gasteiger partial charge is 0.380 e. The highest BCUT2D eigenvalue weighted by Crippen LogP contribution is 2.19. The second kappa shape index (κ2) is 5.49. The quantitative estimate of drug-likeness (QED) is 0.681. The van der Waals surface area contributed by atoms with E-state index in [0.717, 1.165) is 25.2 Å². The molecule has 2 N–H and O–H groups in total. The molecule has 0 spiro atoms. The Bertz CT molecular complexity index is 194. The molecule has 0 radical (unpaired) electrons. The molecule has 1 saturated heterocycles. The normalized spacial score (nSPS) is 29.1. The Hall–Kier alpha value is -0.380. The monoisotopic (exact) mass is 198 g/mol. The van der Waals surface area contributed by atoms with Crippen molar-refractivity contribution in [2.24, 2.45) is 11.7 Å². The molecule has 14 heavy (non-hydrogen) atoms. The van der Waals surface area contributed by atoms with Crippen molar-refractivity contribution in [1.29, 1.82) is 0 Å². The van der Waals surface area contributed by atoms with Crippen molar-refractivity contribution < 1.29 is 4.74 Å². The third-order valence-electron chi connectivity index (χ3n) is 3.01. The zero-order valence-electron chi connectivity index (χ0n) is 9.33. The molecule has 2 atom stereocenters. The number of hydrogen-bond acceptors (Lipinski definition) is 3. The minimum absolute atomic E-state index is 0.370. The summed E-state index contributed by atoms with van der Waals surface area (Å²) in [4.78, 5) is 2.38. The van der Waals surface area contributed by atoms with Gasteiger partial charge in [0.05, 0.1) is 6.10 Å². The first kappa shape index (κ1) is 11.7. The van der Waals surface area contributed by atoms with Crippen molar-refractivity contribution in [3.05, 3.63) is 12.2 Å². The van der Waals surface area contributed by atoms with Crippen molar-refractivity contribution in [1.82, 2.24) is 4.90 Å². The fraction of sp³-hybridized carbons (Fsp3) is 0.818. The zero-order valence-corrected chi connectivity index (χ0v) is 9.33. The van der Waals surface area contributed by atoms with Crippen molar-refractivity contribution in [2.75, 3.05) is 33.3 Å². The van der Waals surface area contributed by atoms with Crippen LogP contribution in [0.1, 0.15) is 13.3 Å². The molecular weight excluding hydrogens is 176 g/mol. The maximum Gasteiger partial charge on any atom is 0.0724 e. The summed E-state index contributed by atoms with van der Waals surface area (Å²) in [7, 11) is 1.79. The van der Waals surface area contributed by atoms with Gasteiger partial charge in [0.2, 0.25) is 0 Å². The van der Waals surface area contributed by atoms with Gasteiger partial charge in [-0.15, -0.1) is 0 Å². The second-order valence-corrected chi connectivity index (χ2v) is 4.23. The van der Waals surface area contributed by atoms with E-state index < -0.39 is 0 Å². The number of piperidine rings is 1. The molecule has 2 unspecified atom stereocenters. The smallest absolute Gasteiger partial charge is 0.0724 e. The van der Waals surface area contributed by atoms with Crippen LogP contribution in [-0.2, 0) is 4.74 Å². The van der Waals surface area contributed by atoms with Crippen molar-refractivity contribution in [2.45, 2.75) is 19.4 Å². The van der Waals surface area contributed by atoms with E-state index in [1.165, 1.54) is 6.42 Å². The SMILES string of the molecule is C=C(CN)CN1CCC(C)C(OC)C1. The summed E-state index contributed by atoms with van der Waals surface area (Å²) in [5, 5.41) is 0. The average molecular weight is 198 g/mol. The number of nitrogens with two attached hydrogens (primary N) is 1. The van der Waals surface area contributed by atoms with E-state index in [9.17, 15) is 0 Å². The molecular formula is C11H22N2O. The average Bonchev–Trinajstić information content (AvgIpc) is 2.20. The van der Waals surface area contributed by atoms with E-state index in [1.807, 2.05) is 0 Å². The highest BCUT2D eigenvalue weighted by atomic mass is 16.5. The first-order valence-electron chi connectivity index (χ1n) is 5.29. The van der Waals surface area contributed by atoms with Crippen LogP contribution in [0.15, 0.2) is 12.2 Å². The molecule has 1 rings (SSSR count). The van der Waals surface area contributed by atoms with Crippen LogP contribution >= 0.6 is 0 Å². The van der Waals surface area contributed by atoms with Gasteiger partial charge in [-0.25, -0.2) is 0 Å². The number of hydrogen-bond donors (Lipinski definition) is 1. The Labute approximate surface area is 86.9 Å². The molecule has 0 aromatic carbocycles. The number of likely N-dealkylation sites (tertiary alicyclic amines) is 1. The molecule has 0 aromatic heterocycles. The molecule has 0 amide bonds.